The third-order valence-electron chi connectivity index (χ3n) is 2.91. The van der Waals surface area contributed by atoms with Crippen LogP contribution in [0.1, 0.15) is 19.3 Å². The highest BCUT2D eigenvalue weighted by molar-refractivity contribution is 5.85. The monoisotopic (exact) mass is 318 g/mol. The molecule has 0 atom stereocenters. The van der Waals surface area contributed by atoms with E-state index in [1.807, 2.05) is 0 Å². The Morgan fingerprint density at radius 1 is 1.10 bits per heavy atom. The summed E-state index contributed by atoms with van der Waals surface area (Å²) in [6.45, 7) is 5.26. The van der Waals surface area contributed by atoms with Crippen molar-refractivity contribution in [2.24, 2.45) is 5.73 Å². The molecule has 0 bridgehead atoms. The zero-order chi connectivity index (χ0) is 14.6. The average molecular weight is 319 g/mol. The molecule has 122 valence electrons. The van der Waals surface area contributed by atoms with Crippen LogP contribution in [0.15, 0.2) is 17.1 Å². The molecule has 0 spiro atoms. The zero-order valence-electron chi connectivity index (χ0n) is 12.4. The SMILES string of the molecule is Cl.NCCCNCCCNCCCn1ccc(N)nc1=O. The van der Waals surface area contributed by atoms with E-state index in [4.69, 9.17) is 11.5 Å². The van der Waals surface area contributed by atoms with E-state index in [9.17, 15) is 4.79 Å². The van der Waals surface area contributed by atoms with Gasteiger partial charge < -0.3 is 22.1 Å². The molecule has 0 aliphatic heterocycles. The summed E-state index contributed by atoms with van der Waals surface area (Å²) in [5.74, 6) is 0.270. The number of rotatable bonds is 11. The second-order valence-corrected chi connectivity index (χ2v) is 4.68. The fourth-order valence-corrected chi connectivity index (χ4v) is 1.80. The predicted molar refractivity (Wildman–Crippen MR) is 88.8 cm³/mol. The van der Waals surface area contributed by atoms with Crippen LogP contribution in [-0.2, 0) is 6.54 Å². The largest absolute Gasteiger partial charge is 0.383 e. The van der Waals surface area contributed by atoms with Gasteiger partial charge in [0, 0.05) is 12.7 Å². The highest BCUT2D eigenvalue weighted by Gasteiger charge is 1.97. The number of nitrogen functional groups attached to an aromatic ring is 1. The maximum atomic E-state index is 11.5. The number of aryl methyl sites for hydroxylation is 1. The van der Waals surface area contributed by atoms with Gasteiger partial charge in [-0.3, -0.25) is 4.57 Å². The van der Waals surface area contributed by atoms with E-state index in [1.165, 1.54) is 0 Å². The van der Waals surface area contributed by atoms with Crippen molar-refractivity contribution in [1.82, 2.24) is 20.2 Å². The summed E-state index contributed by atoms with van der Waals surface area (Å²) < 4.78 is 1.58. The van der Waals surface area contributed by atoms with Crippen molar-refractivity contribution in [2.45, 2.75) is 25.8 Å². The van der Waals surface area contributed by atoms with Gasteiger partial charge in [-0.2, -0.15) is 4.98 Å². The smallest absolute Gasteiger partial charge is 0.349 e. The van der Waals surface area contributed by atoms with Crippen molar-refractivity contribution in [2.75, 3.05) is 38.5 Å². The number of nitrogens with one attached hydrogen (secondary N) is 2. The molecule has 0 saturated heterocycles. The summed E-state index contributed by atoms with van der Waals surface area (Å²) in [4.78, 5) is 15.2. The molecule has 0 aromatic carbocycles. The molecule has 0 saturated carbocycles. The lowest BCUT2D eigenvalue weighted by Gasteiger charge is -2.07. The first-order chi connectivity index (χ1) is 9.74. The van der Waals surface area contributed by atoms with Crippen molar-refractivity contribution in [1.29, 1.82) is 0 Å². The van der Waals surface area contributed by atoms with E-state index in [0.29, 0.717) is 6.54 Å². The number of halogens is 1. The molecule has 1 heterocycles. The Hall–Kier alpha value is -1.15. The second kappa shape index (κ2) is 12.6. The first kappa shape index (κ1) is 19.9. The van der Waals surface area contributed by atoms with Gasteiger partial charge in [0.25, 0.3) is 0 Å². The highest BCUT2D eigenvalue weighted by atomic mass is 35.5. The van der Waals surface area contributed by atoms with Gasteiger partial charge in [0.05, 0.1) is 0 Å². The normalized spacial score (nSPS) is 10.3. The molecule has 0 amide bonds. The molecule has 7 nitrogen and oxygen atoms in total. The molecule has 1 aromatic rings. The maximum Gasteiger partial charge on any atom is 0.349 e. The third kappa shape index (κ3) is 9.41. The van der Waals surface area contributed by atoms with Gasteiger partial charge in [-0.15, -0.1) is 12.4 Å². The molecule has 1 rings (SSSR count). The van der Waals surface area contributed by atoms with Crippen molar-refractivity contribution < 1.29 is 0 Å². The van der Waals surface area contributed by atoms with Crippen LogP contribution in [0, 0.1) is 0 Å². The lowest BCUT2D eigenvalue weighted by molar-refractivity contribution is 0.543. The Morgan fingerprint density at radius 2 is 1.71 bits per heavy atom. The molecule has 0 aliphatic carbocycles. The zero-order valence-corrected chi connectivity index (χ0v) is 13.2. The molecule has 21 heavy (non-hydrogen) atoms. The minimum atomic E-state index is -0.283. The van der Waals surface area contributed by atoms with Gasteiger partial charge in [-0.25, -0.2) is 4.79 Å². The van der Waals surface area contributed by atoms with E-state index < -0.39 is 0 Å². The Labute approximate surface area is 131 Å². The Balaban J connectivity index is 0.00000400. The minimum absolute atomic E-state index is 0. The fourth-order valence-electron chi connectivity index (χ4n) is 1.80. The number of hydrogen-bond acceptors (Lipinski definition) is 6. The summed E-state index contributed by atoms with van der Waals surface area (Å²) >= 11 is 0. The average Bonchev–Trinajstić information content (AvgIpc) is 2.43. The van der Waals surface area contributed by atoms with Gasteiger partial charge >= 0.3 is 5.69 Å². The molecule has 6 N–H and O–H groups in total. The topological polar surface area (TPSA) is 111 Å². The van der Waals surface area contributed by atoms with Crippen molar-refractivity contribution in [3.05, 3.63) is 22.7 Å². The van der Waals surface area contributed by atoms with Gasteiger partial charge in [-0.1, -0.05) is 0 Å². The fraction of sp³-hybridized carbons (Fsp3) is 0.692. The predicted octanol–water partition coefficient (Wildman–Crippen LogP) is -0.444. The second-order valence-electron chi connectivity index (χ2n) is 4.68. The number of nitrogens with two attached hydrogens (primary N) is 2. The Bertz CT molecular complexity index is 425. The van der Waals surface area contributed by atoms with Crippen LogP contribution in [0.4, 0.5) is 5.82 Å². The quantitative estimate of drug-likeness (QED) is 0.411. The molecule has 8 heteroatoms. The van der Waals surface area contributed by atoms with E-state index >= 15 is 0 Å². The molecule has 1 aromatic heterocycles. The summed E-state index contributed by atoms with van der Waals surface area (Å²) in [5, 5.41) is 6.68. The Morgan fingerprint density at radius 3 is 2.33 bits per heavy atom. The molecule has 0 radical (unpaired) electrons. The van der Waals surface area contributed by atoms with E-state index in [-0.39, 0.29) is 23.9 Å². The van der Waals surface area contributed by atoms with Crippen molar-refractivity contribution in [3.63, 3.8) is 0 Å². The van der Waals surface area contributed by atoms with Gasteiger partial charge in [0.1, 0.15) is 5.82 Å². The number of hydrogen-bond donors (Lipinski definition) is 4. The lowest BCUT2D eigenvalue weighted by atomic mass is 10.3. The standard InChI is InChI=1S/C13H26N6O.ClH/c14-5-1-6-16-7-2-8-17-9-3-10-19-11-4-12(15)18-13(19)20;/h4,11,16-17H,1-3,5-10,14H2,(H2,15,18,20);1H. The third-order valence-corrected chi connectivity index (χ3v) is 2.91. The van der Waals surface area contributed by atoms with Crippen LogP contribution in [0.25, 0.3) is 0 Å². The molecule has 0 aliphatic rings. The first-order valence-corrected chi connectivity index (χ1v) is 7.18. The highest BCUT2D eigenvalue weighted by Crippen LogP contribution is 1.91. The maximum absolute atomic E-state index is 11.5. The summed E-state index contributed by atoms with van der Waals surface area (Å²) in [6.07, 6.45) is 4.70. The van der Waals surface area contributed by atoms with Crippen LogP contribution < -0.4 is 27.8 Å². The van der Waals surface area contributed by atoms with Crippen molar-refractivity contribution >= 4 is 18.2 Å². The minimum Gasteiger partial charge on any atom is -0.383 e. The first-order valence-electron chi connectivity index (χ1n) is 7.18. The van der Waals surface area contributed by atoms with Crippen LogP contribution in [0.3, 0.4) is 0 Å². The Kier molecular flexibility index (Phi) is 11.9. The summed E-state index contributed by atoms with van der Waals surface area (Å²) in [6, 6.07) is 1.64. The van der Waals surface area contributed by atoms with Gasteiger partial charge in [0.2, 0.25) is 0 Å². The number of aromatic nitrogens is 2. The van der Waals surface area contributed by atoms with E-state index in [2.05, 4.69) is 15.6 Å². The van der Waals surface area contributed by atoms with E-state index in [1.54, 1.807) is 16.8 Å². The van der Waals surface area contributed by atoms with Crippen LogP contribution >= 0.6 is 12.4 Å². The van der Waals surface area contributed by atoms with Crippen LogP contribution in [-0.4, -0.2) is 42.3 Å². The van der Waals surface area contributed by atoms with Gasteiger partial charge in [-0.05, 0) is 58.1 Å². The molecule has 0 unspecified atom stereocenters. The number of anilines is 1. The van der Waals surface area contributed by atoms with Crippen LogP contribution in [0.5, 0.6) is 0 Å². The van der Waals surface area contributed by atoms with E-state index in [0.717, 1.165) is 52.0 Å². The van der Waals surface area contributed by atoms with Crippen molar-refractivity contribution in [3.8, 4) is 0 Å². The summed E-state index contributed by atoms with van der Waals surface area (Å²) in [5.41, 5.74) is 10.6. The molecular weight excluding hydrogens is 292 g/mol. The van der Waals surface area contributed by atoms with Gasteiger partial charge in [0.15, 0.2) is 0 Å². The summed E-state index contributed by atoms with van der Waals surface area (Å²) in [7, 11) is 0. The molecule has 0 fully saturated rings. The molecular formula is C13H27ClN6O. The number of nitrogens with zero attached hydrogens (tertiary/aromatic N) is 2. The lowest BCUT2D eigenvalue weighted by Crippen LogP contribution is -2.27. The van der Waals surface area contributed by atoms with Crippen LogP contribution in [0.2, 0.25) is 0 Å².